The standard InChI is InChI=1S/C19H20O7/c1-22-19(21)17-14(8-10-24-17)11-26-18(20)13-4-6-15(7-5-13)25-12-16-3-2-9-23-16/h4-8,10,16H,2-3,9,11-12H2,1H3. The van der Waals surface area contributed by atoms with E-state index in [2.05, 4.69) is 4.74 Å². The van der Waals surface area contributed by atoms with E-state index in [-0.39, 0.29) is 18.5 Å². The molecule has 2 heterocycles. The summed E-state index contributed by atoms with van der Waals surface area (Å²) in [6.45, 7) is 1.20. The van der Waals surface area contributed by atoms with Crippen molar-refractivity contribution in [3.8, 4) is 5.75 Å². The van der Waals surface area contributed by atoms with Crippen molar-refractivity contribution in [1.29, 1.82) is 0 Å². The van der Waals surface area contributed by atoms with Crippen LogP contribution in [0.4, 0.5) is 0 Å². The average Bonchev–Trinajstić information content (AvgIpc) is 3.36. The molecule has 7 heteroatoms. The summed E-state index contributed by atoms with van der Waals surface area (Å²) in [7, 11) is 1.25. The molecule has 1 aromatic carbocycles. The van der Waals surface area contributed by atoms with Gasteiger partial charge >= 0.3 is 11.9 Å². The fourth-order valence-corrected chi connectivity index (χ4v) is 2.60. The number of carbonyl (C=O) groups is 2. The minimum Gasteiger partial charge on any atom is -0.491 e. The molecule has 1 aromatic heterocycles. The lowest BCUT2D eigenvalue weighted by atomic mass is 10.2. The average molecular weight is 360 g/mol. The second-order valence-corrected chi connectivity index (χ2v) is 5.81. The van der Waals surface area contributed by atoms with E-state index in [0.717, 1.165) is 19.4 Å². The molecule has 7 nitrogen and oxygen atoms in total. The molecule has 0 saturated carbocycles. The highest BCUT2D eigenvalue weighted by molar-refractivity contribution is 5.90. The summed E-state index contributed by atoms with van der Waals surface area (Å²) < 4.78 is 26.0. The Morgan fingerprint density at radius 1 is 1.15 bits per heavy atom. The van der Waals surface area contributed by atoms with Gasteiger partial charge in [-0.1, -0.05) is 0 Å². The highest BCUT2D eigenvalue weighted by atomic mass is 16.5. The highest BCUT2D eigenvalue weighted by Gasteiger charge is 2.18. The van der Waals surface area contributed by atoms with Gasteiger partial charge in [-0.05, 0) is 43.2 Å². The van der Waals surface area contributed by atoms with Gasteiger partial charge in [0.1, 0.15) is 19.0 Å². The quantitative estimate of drug-likeness (QED) is 0.702. The van der Waals surface area contributed by atoms with Crippen molar-refractivity contribution in [3.05, 3.63) is 53.5 Å². The lowest BCUT2D eigenvalue weighted by molar-refractivity contribution is 0.0453. The van der Waals surface area contributed by atoms with Crippen LogP contribution in [0.3, 0.4) is 0 Å². The molecule has 26 heavy (non-hydrogen) atoms. The van der Waals surface area contributed by atoms with Gasteiger partial charge in [0, 0.05) is 12.2 Å². The van der Waals surface area contributed by atoms with Crippen LogP contribution in [0.15, 0.2) is 41.0 Å². The van der Waals surface area contributed by atoms with E-state index in [1.807, 2.05) is 0 Å². The first-order valence-electron chi connectivity index (χ1n) is 8.33. The van der Waals surface area contributed by atoms with E-state index in [1.54, 1.807) is 30.3 Å². The molecule has 1 saturated heterocycles. The molecule has 138 valence electrons. The van der Waals surface area contributed by atoms with Crippen molar-refractivity contribution in [2.24, 2.45) is 0 Å². The van der Waals surface area contributed by atoms with Crippen molar-refractivity contribution in [2.75, 3.05) is 20.3 Å². The lowest BCUT2D eigenvalue weighted by Gasteiger charge is -2.11. The molecule has 1 aliphatic rings. The van der Waals surface area contributed by atoms with Crippen LogP contribution in [-0.4, -0.2) is 38.4 Å². The van der Waals surface area contributed by atoms with Gasteiger partial charge in [0.2, 0.25) is 5.76 Å². The van der Waals surface area contributed by atoms with E-state index in [9.17, 15) is 9.59 Å². The Morgan fingerprint density at radius 3 is 2.65 bits per heavy atom. The normalized spacial score (nSPS) is 16.3. The Hall–Kier alpha value is -2.80. The number of methoxy groups -OCH3 is 1. The molecule has 0 aliphatic carbocycles. The molecule has 0 radical (unpaired) electrons. The fourth-order valence-electron chi connectivity index (χ4n) is 2.60. The van der Waals surface area contributed by atoms with E-state index in [4.69, 9.17) is 18.6 Å². The van der Waals surface area contributed by atoms with Crippen LogP contribution in [0.25, 0.3) is 0 Å². The lowest BCUT2D eigenvalue weighted by Crippen LogP contribution is -2.16. The number of hydrogen-bond acceptors (Lipinski definition) is 7. The van der Waals surface area contributed by atoms with Crippen LogP contribution >= 0.6 is 0 Å². The van der Waals surface area contributed by atoms with Gasteiger partial charge in [0.05, 0.1) is 25.0 Å². The molecular weight excluding hydrogens is 340 g/mol. The molecule has 1 atom stereocenters. The summed E-state index contributed by atoms with van der Waals surface area (Å²) in [4.78, 5) is 23.7. The number of benzene rings is 1. The summed E-state index contributed by atoms with van der Waals surface area (Å²) in [5, 5.41) is 0. The van der Waals surface area contributed by atoms with Crippen molar-refractivity contribution < 1.29 is 33.0 Å². The van der Waals surface area contributed by atoms with Crippen LogP contribution < -0.4 is 4.74 Å². The molecule has 1 aliphatic heterocycles. The largest absolute Gasteiger partial charge is 0.491 e. The van der Waals surface area contributed by atoms with E-state index >= 15 is 0 Å². The Balaban J connectivity index is 1.51. The molecule has 0 amide bonds. The summed E-state index contributed by atoms with van der Waals surface area (Å²) in [5.41, 5.74) is 0.833. The third-order valence-corrected chi connectivity index (χ3v) is 4.03. The smallest absolute Gasteiger partial charge is 0.374 e. The number of carbonyl (C=O) groups excluding carboxylic acids is 2. The maximum atomic E-state index is 12.1. The Bertz CT molecular complexity index is 742. The number of rotatable bonds is 7. The van der Waals surface area contributed by atoms with Gasteiger partial charge in [0.25, 0.3) is 0 Å². The summed E-state index contributed by atoms with van der Waals surface area (Å²) in [6.07, 6.45) is 3.55. The molecule has 3 rings (SSSR count). The van der Waals surface area contributed by atoms with Gasteiger partial charge < -0.3 is 23.4 Å². The van der Waals surface area contributed by atoms with E-state index in [0.29, 0.717) is 23.5 Å². The number of hydrogen-bond donors (Lipinski definition) is 0. The molecule has 1 fully saturated rings. The van der Waals surface area contributed by atoms with Crippen molar-refractivity contribution >= 4 is 11.9 Å². The van der Waals surface area contributed by atoms with Crippen LogP contribution in [0.2, 0.25) is 0 Å². The zero-order valence-electron chi connectivity index (χ0n) is 14.4. The van der Waals surface area contributed by atoms with Crippen molar-refractivity contribution in [1.82, 2.24) is 0 Å². The van der Waals surface area contributed by atoms with Gasteiger partial charge in [-0.3, -0.25) is 0 Å². The van der Waals surface area contributed by atoms with Gasteiger partial charge in [0.15, 0.2) is 0 Å². The number of esters is 2. The van der Waals surface area contributed by atoms with Crippen molar-refractivity contribution in [3.63, 3.8) is 0 Å². The summed E-state index contributed by atoms with van der Waals surface area (Å²) in [6, 6.07) is 8.24. The Kier molecular flexibility index (Phi) is 5.91. The molecule has 0 N–H and O–H groups in total. The number of furan rings is 1. The van der Waals surface area contributed by atoms with Crippen LogP contribution in [0.5, 0.6) is 5.75 Å². The first-order chi connectivity index (χ1) is 12.7. The molecule has 0 bridgehead atoms. The third kappa shape index (κ3) is 4.43. The van der Waals surface area contributed by atoms with E-state index < -0.39 is 11.9 Å². The molecule has 0 spiro atoms. The SMILES string of the molecule is COC(=O)c1occc1COC(=O)c1ccc(OCC2CCCO2)cc1. The first-order valence-corrected chi connectivity index (χ1v) is 8.33. The highest BCUT2D eigenvalue weighted by Crippen LogP contribution is 2.18. The third-order valence-electron chi connectivity index (χ3n) is 4.03. The predicted octanol–water partition coefficient (Wildman–Crippen LogP) is 2.98. The van der Waals surface area contributed by atoms with Gasteiger partial charge in [-0.2, -0.15) is 0 Å². The second-order valence-electron chi connectivity index (χ2n) is 5.81. The van der Waals surface area contributed by atoms with Crippen LogP contribution in [-0.2, 0) is 20.8 Å². The zero-order valence-corrected chi connectivity index (χ0v) is 14.4. The molecular formula is C19H20O7. The van der Waals surface area contributed by atoms with Crippen molar-refractivity contribution in [2.45, 2.75) is 25.6 Å². The molecule has 1 unspecified atom stereocenters. The Morgan fingerprint density at radius 2 is 1.96 bits per heavy atom. The Labute approximate surface area is 150 Å². The predicted molar refractivity (Wildman–Crippen MR) is 90.1 cm³/mol. The van der Waals surface area contributed by atoms with Gasteiger partial charge in [-0.25, -0.2) is 9.59 Å². The van der Waals surface area contributed by atoms with Crippen LogP contribution in [0.1, 0.15) is 39.3 Å². The fraction of sp³-hybridized carbons (Fsp3) is 0.368. The number of ether oxygens (including phenoxy) is 4. The monoisotopic (exact) mass is 360 g/mol. The van der Waals surface area contributed by atoms with Gasteiger partial charge in [-0.15, -0.1) is 0 Å². The van der Waals surface area contributed by atoms with E-state index in [1.165, 1.54) is 13.4 Å². The van der Waals surface area contributed by atoms with Crippen LogP contribution in [0, 0.1) is 0 Å². The maximum absolute atomic E-state index is 12.1. The minimum atomic E-state index is -0.617. The summed E-state index contributed by atoms with van der Waals surface area (Å²) >= 11 is 0. The second kappa shape index (κ2) is 8.53. The topological polar surface area (TPSA) is 84.2 Å². The first kappa shape index (κ1) is 18.0. The maximum Gasteiger partial charge on any atom is 0.374 e. The zero-order chi connectivity index (χ0) is 18.4. The summed E-state index contributed by atoms with van der Waals surface area (Å²) in [5.74, 6) is -0.431. The molecule has 2 aromatic rings. The minimum absolute atomic E-state index is 0.0261.